The summed E-state index contributed by atoms with van der Waals surface area (Å²) < 4.78 is 27.6. The standard InChI is InChI=1S/C19H24N4O3S3/c1-14(21-22-18(24)17(13-20)19(27-2)28-3)15-7-9-16(10-8-15)29(25,26)23-11-5-4-6-12-23/h7-10H,4-6,11-12H2,1-3H3,(H,22,24)/b21-14+. The van der Waals surface area contributed by atoms with Crippen LogP contribution < -0.4 is 5.43 Å². The number of hydrogen-bond acceptors (Lipinski definition) is 7. The van der Waals surface area contributed by atoms with Crippen molar-refractivity contribution in [3.05, 3.63) is 39.6 Å². The number of rotatable bonds is 7. The lowest BCUT2D eigenvalue weighted by molar-refractivity contribution is -0.117. The number of thioether (sulfide) groups is 2. The first-order valence-electron chi connectivity index (χ1n) is 9.02. The van der Waals surface area contributed by atoms with E-state index in [0.717, 1.165) is 19.3 Å². The zero-order chi connectivity index (χ0) is 21.4. The van der Waals surface area contributed by atoms with E-state index in [1.54, 1.807) is 43.7 Å². The number of sulfonamides is 1. The SMILES string of the molecule is CSC(SC)=C(C#N)C(=O)N/N=C(\C)c1ccc(S(=O)(=O)N2CCCCC2)cc1. The normalized spacial score (nSPS) is 15.4. The van der Waals surface area contributed by atoms with Gasteiger partial charge in [-0.2, -0.15) is 14.7 Å². The maximum atomic E-state index is 12.7. The smallest absolute Gasteiger partial charge is 0.266 e. The number of carbonyl (C=O) groups excluding carboxylic acids is 1. The highest BCUT2D eigenvalue weighted by atomic mass is 32.2. The first-order valence-corrected chi connectivity index (χ1v) is 12.9. The lowest BCUT2D eigenvalue weighted by Gasteiger charge is -2.25. The van der Waals surface area contributed by atoms with Crippen molar-refractivity contribution >= 4 is 45.2 Å². The summed E-state index contributed by atoms with van der Waals surface area (Å²) in [6.45, 7) is 2.81. The molecule has 10 heteroatoms. The molecule has 0 aromatic heterocycles. The van der Waals surface area contributed by atoms with E-state index in [4.69, 9.17) is 0 Å². The summed E-state index contributed by atoms with van der Waals surface area (Å²) in [5, 5.41) is 13.3. The summed E-state index contributed by atoms with van der Waals surface area (Å²) >= 11 is 2.65. The van der Waals surface area contributed by atoms with Crippen LogP contribution in [0.25, 0.3) is 0 Å². The van der Waals surface area contributed by atoms with Crippen molar-refractivity contribution in [1.82, 2.24) is 9.73 Å². The average molecular weight is 453 g/mol. The molecule has 0 unspecified atom stereocenters. The zero-order valence-corrected chi connectivity index (χ0v) is 19.1. The largest absolute Gasteiger partial charge is 0.283 e. The highest BCUT2D eigenvalue weighted by Crippen LogP contribution is 2.27. The van der Waals surface area contributed by atoms with Crippen LogP contribution in [0.2, 0.25) is 0 Å². The molecular formula is C19H24N4O3S3. The predicted molar refractivity (Wildman–Crippen MR) is 119 cm³/mol. The highest BCUT2D eigenvalue weighted by Gasteiger charge is 2.25. The van der Waals surface area contributed by atoms with Gasteiger partial charge in [0, 0.05) is 13.1 Å². The summed E-state index contributed by atoms with van der Waals surface area (Å²) in [6, 6.07) is 8.35. The van der Waals surface area contributed by atoms with Gasteiger partial charge in [0.25, 0.3) is 5.91 Å². The summed E-state index contributed by atoms with van der Waals surface area (Å²) in [5.41, 5.74) is 3.60. The molecule has 1 saturated heterocycles. The molecule has 0 aliphatic carbocycles. The Kier molecular flexibility index (Phi) is 8.77. The van der Waals surface area contributed by atoms with Gasteiger partial charge in [0.2, 0.25) is 10.0 Å². The monoisotopic (exact) mass is 452 g/mol. The van der Waals surface area contributed by atoms with Crippen molar-refractivity contribution in [2.45, 2.75) is 31.1 Å². The van der Waals surface area contributed by atoms with Crippen LogP contribution in [0.3, 0.4) is 0 Å². The van der Waals surface area contributed by atoms with E-state index in [9.17, 15) is 18.5 Å². The van der Waals surface area contributed by atoms with Gasteiger partial charge in [-0.25, -0.2) is 13.8 Å². The van der Waals surface area contributed by atoms with Gasteiger partial charge in [-0.1, -0.05) is 18.6 Å². The van der Waals surface area contributed by atoms with Crippen LogP contribution in [0, 0.1) is 11.3 Å². The Hall–Kier alpha value is -1.80. The van der Waals surface area contributed by atoms with Gasteiger partial charge in [-0.3, -0.25) is 4.79 Å². The molecule has 1 fully saturated rings. The molecule has 1 amide bonds. The first kappa shape index (κ1) is 23.5. The number of nitriles is 1. The lowest BCUT2D eigenvalue weighted by atomic mass is 10.1. The van der Waals surface area contributed by atoms with Crippen molar-refractivity contribution in [3.8, 4) is 6.07 Å². The Morgan fingerprint density at radius 2 is 1.72 bits per heavy atom. The van der Waals surface area contributed by atoms with Crippen molar-refractivity contribution in [2.24, 2.45) is 5.10 Å². The summed E-state index contributed by atoms with van der Waals surface area (Å²) in [4.78, 5) is 12.5. The second kappa shape index (κ2) is 10.8. The molecule has 1 aromatic carbocycles. The van der Waals surface area contributed by atoms with Crippen LogP contribution in [-0.2, 0) is 14.8 Å². The van der Waals surface area contributed by atoms with Crippen molar-refractivity contribution in [3.63, 3.8) is 0 Å². The van der Waals surface area contributed by atoms with Crippen LogP contribution in [0.15, 0.2) is 44.1 Å². The number of nitrogens with zero attached hydrogens (tertiary/aromatic N) is 3. The van der Waals surface area contributed by atoms with Gasteiger partial charge in [-0.05, 0) is 50.0 Å². The first-order chi connectivity index (χ1) is 13.8. The molecule has 0 saturated carbocycles. The predicted octanol–water partition coefficient (Wildman–Crippen LogP) is 3.16. The minimum Gasteiger partial charge on any atom is -0.266 e. The summed E-state index contributed by atoms with van der Waals surface area (Å²) in [6.07, 6.45) is 6.42. The van der Waals surface area contributed by atoms with Crippen LogP contribution in [-0.4, -0.2) is 49.9 Å². The molecule has 1 heterocycles. The van der Waals surface area contributed by atoms with Crippen LogP contribution >= 0.6 is 23.5 Å². The second-order valence-electron chi connectivity index (χ2n) is 6.31. The van der Waals surface area contributed by atoms with Gasteiger partial charge in [0.15, 0.2) is 0 Å². The fourth-order valence-electron chi connectivity index (χ4n) is 2.85. The third-order valence-electron chi connectivity index (χ3n) is 4.46. The number of benzene rings is 1. The van der Waals surface area contributed by atoms with Gasteiger partial charge in [-0.15, -0.1) is 23.5 Å². The fraction of sp³-hybridized carbons (Fsp3) is 0.421. The van der Waals surface area contributed by atoms with E-state index < -0.39 is 15.9 Å². The third-order valence-corrected chi connectivity index (χ3v) is 8.53. The molecule has 156 valence electrons. The fourth-order valence-corrected chi connectivity index (χ4v) is 5.72. The molecule has 1 aliphatic rings. The number of piperidine rings is 1. The quantitative estimate of drug-likeness (QED) is 0.295. The molecule has 7 nitrogen and oxygen atoms in total. The molecule has 0 bridgehead atoms. The van der Waals surface area contributed by atoms with Crippen molar-refractivity contribution in [2.75, 3.05) is 25.6 Å². The van der Waals surface area contributed by atoms with E-state index in [2.05, 4.69) is 10.5 Å². The lowest BCUT2D eigenvalue weighted by Crippen LogP contribution is -2.35. The van der Waals surface area contributed by atoms with Crippen LogP contribution in [0.5, 0.6) is 0 Å². The zero-order valence-electron chi connectivity index (χ0n) is 16.6. The van der Waals surface area contributed by atoms with E-state index in [1.165, 1.54) is 27.8 Å². The molecule has 0 atom stereocenters. The minimum absolute atomic E-state index is 0.0181. The minimum atomic E-state index is -3.48. The van der Waals surface area contributed by atoms with Crippen molar-refractivity contribution < 1.29 is 13.2 Å². The molecule has 2 rings (SSSR count). The van der Waals surface area contributed by atoms with Gasteiger partial charge in [0.05, 0.1) is 14.8 Å². The van der Waals surface area contributed by atoms with E-state index in [0.29, 0.717) is 28.6 Å². The van der Waals surface area contributed by atoms with Gasteiger partial charge < -0.3 is 0 Å². The number of amides is 1. The van der Waals surface area contributed by atoms with Gasteiger partial charge in [0.1, 0.15) is 11.6 Å². The Balaban J connectivity index is 2.14. The average Bonchev–Trinajstić information content (AvgIpc) is 2.76. The Morgan fingerprint density at radius 1 is 1.14 bits per heavy atom. The van der Waals surface area contributed by atoms with Crippen LogP contribution in [0.1, 0.15) is 31.7 Å². The Labute approximate surface area is 180 Å². The van der Waals surface area contributed by atoms with Gasteiger partial charge >= 0.3 is 0 Å². The molecule has 29 heavy (non-hydrogen) atoms. The highest BCUT2D eigenvalue weighted by molar-refractivity contribution is 8.21. The van der Waals surface area contributed by atoms with E-state index in [1.807, 2.05) is 6.07 Å². The molecule has 1 aliphatic heterocycles. The number of hydrogen-bond donors (Lipinski definition) is 1. The molecule has 0 spiro atoms. The second-order valence-corrected chi connectivity index (χ2v) is 10.1. The Morgan fingerprint density at radius 3 is 2.24 bits per heavy atom. The maximum Gasteiger partial charge on any atom is 0.283 e. The molecule has 1 N–H and O–H groups in total. The Bertz CT molecular complexity index is 936. The third kappa shape index (κ3) is 5.85. The van der Waals surface area contributed by atoms with E-state index >= 15 is 0 Å². The molecule has 0 radical (unpaired) electrons. The van der Waals surface area contributed by atoms with E-state index in [-0.39, 0.29) is 10.5 Å². The topological polar surface area (TPSA) is 103 Å². The number of nitrogens with one attached hydrogen (secondary N) is 1. The summed E-state index contributed by atoms with van der Waals surface area (Å²) in [5.74, 6) is -0.574. The van der Waals surface area contributed by atoms with Crippen molar-refractivity contribution in [1.29, 1.82) is 5.26 Å². The molecule has 1 aromatic rings. The number of hydrazone groups is 1. The molecular weight excluding hydrogens is 428 g/mol. The number of carbonyl (C=O) groups is 1. The maximum absolute atomic E-state index is 12.7. The van der Waals surface area contributed by atoms with Crippen LogP contribution in [0.4, 0.5) is 0 Å². The summed E-state index contributed by atoms with van der Waals surface area (Å²) in [7, 11) is -3.48.